The van der Waals surface area contributed by atoms with Gasteiger partial charge in [-0.25, -0.2) is 0 Å². The Bertz CT molecular complexity index is 870. The molecular weight excluding hydrogens is 333 g/mol. The molecule has 0 radical (unpaired) electrons. The van der Waals surface area contributed by atoms with Crippen LogP contribution in [-0.2, 0) is 0 Å². The number of carbonyl (C=O) groups excluding carboxylic acids is 1. The fourth-order valence-corrected chi connectivity index (χ4v) is 3.30. The number of fused-ring (bicyclic) bond motifs is 1. The third-order valence-electron chi connectivity index (χ3n) is 2.79. The maximum Gasteiger partial charge on any atom is 0.297 e. The van der Waals surface area contributed by atoms with Gasteiger partial charge >= 0.3 is 0 Å². The molecule has 0 aliphatic heterocycles. The van der Waals surface area contributed by atoms with E-state index < -0.39 is 5.91 Å². The van der Waals surface area contributed by atoms with Crippen LogP contribution in [0.2, 0.25) is 8.67 Å². The smallest absolute Gasteiger partial charge is 0.297 e. The molecule has 21 heavy (non-hydrogen) atoms. The number of aromatic hydroxyl groups is 1. The maximum absolute atomic E-state index is 11.9. The number of aromatic nitrogens is 1. The number of nitrogens with one attached hydrogen (secondary N) is 1. The van der Waals surface area contributed by atoms with Gasteiger partial charge in [-0.05, 0) is 12.1 Å². The van der Waals surface area contributed by atoms with Gasteiger partial charge in [0.15, 0.2) is 5.69 Å². The molecule has 0 saturated carbocycles. The monoisotopic (exact) mass is 339 g/mol. The van der Waals surface area contributed by atoms with Gasteiger partial charge in [-0.15, -0.1) is 21.6 Å². The maximum atomic E-state index is 11.9. The molecule has 8 heteroatoms. The molecule has 5 nitrogen and oxygen atoms in total. The molecule has 0 saturated heterocycles. The molecule has 2 heterocycles. The van der Waals surface area contributed by atoms with Gasteiger partial charge in [-0.3, -0.25) is 4.79 Å². The van der Waals surface area contributed by atoms with Crippen LogP contribution in [0.1, 0.15) is 10.4 Å². The van der Waals surface area contributed by atoms with E-state index in [0.29, 0.717) is 15.2 Å². The second-order valence-corrected chi connectivity index (χ2v) is 6.40. The first kappa shape index (κ1) is 14.1. The van der Waals surface area contributed by atoms with Gasteiger partial charge in [-0.2, -0.15) is 0 Å². The second kappa shape index (κ2) is 5.48. The van der Waals surface area contributed by atoms with Crippen LogP contribution in [0.15, 0.2) is 40.6 Å². The number of azo groups is 1. The molecule has 3 aromatic rings. The number of H-pyrrole nitrogens is 1. The number of hydrogen-bond donors (Lipinski definition) is 2. The van der Waals surface area contributed by atoms with E-state index in [0.717, 1.165) is 11.3 Å². The lowest BCUT2D eigenvalue weighted by atomic mass is 10.2. The molecule has 0 bridgehead atoms. The van der Waals surface area contributed by atoms with Gasteiger partial charge in [0, 0.05) is 5.39 Å². The van der Waals surface area contributed by atoms with Gasteiger partial charge in [0.1, 0.15) is 4.34 Å². The molecule has 1 amide bonds. The Morgan fingerprint density at radius 3 is 2.76 bits per heavy atom. The lowest BCUT2D eigenvalue weighted by molar-refractivity contribution is 0.0995. The third-order valence-corrected chi connectivity index (χ3v) is 4.28. The minimum Gasteiger partial charge on any atom is -0.493 e. The van der Waals surface area contributed by atoms with Crippen LogP contribution >= 0.6 is 34.5 Å². The quantitative estimate of drug-likeness (QED) is 0.632. The summed E-state index contributed by atoms with van der Waals surface area (Å²) in [6, 6.07) is 8.60. The molecule has 2 aromatic heterocycles. The zero-order chi connectivity index (χ0) is 15.0. The minimum atomic E-state index is -0.618. The Hall–Kier alpha value is -1.89. The van der Waals surface area contributed by atoms with Crippen molar-refractivity contribution >= 4 is 57.0 Å². The number of nitrogens with zero attached hydrogens (tertiary/aromatic N) is 2. The number of aromatic amines is 1. The SMILES string of the molecule is O=C(N=Nc1c(O)[nH]c2ccccc12)c1cc(Cl)sc1Cl. The zero-order valence-corrected chi connectivity index (χ0v) is 12.6. The molecule has 0 aliphatic carbocycles. The van der Waals surface area contributed by atoms with Crippen molar-refractivity contribution in [3.05, 3.63) is 44.6 Å². The largest absolute Gasteiger partial charge is 0.493 e. The Morgan fingerprint density at radius 2 is 2.05 bits per heavy atom. The highest BCUT2D eigenvalue weighted by molar-refractivity contribution is 7.20. The van der Waals surface area contributed by atoms with Crippen molar-refractivity contribution in [1.82, 2.24) is 4.98 Å². The average Bonchev–Trinajstić information content (AvgIpc) is 2.95. The first-order chi connectivity index (χ1) is 10.1. The summed E-state index contributed by atoms with van der Waals surface area (Å²) < 4.78 is 0.653. The third kappa shape index (κ3) is 2.65. The predicted molar refractivity (Wildman–Crippen MR) is 83.1 cm³/mol. The van der Waals surface area contributed by atoms with E-state index >= 15 is 0 Å². The standard InChI is InChI=1S/C13H7Cl2N3O2S/c14-9-5-7(11(15)21-9)12(19)18-17-10-6-3-1-2-4-8(6)16-13(10)20/h1-5,16,20H. The molecule has 2 N–H and O–H groups in total. The summed E-state index contributed by atoms with van der Waals surface area (Å²) in [5.74, 6) is -0.768. The highest BCUT2D eigenvalue weighted by Crippen LogP contribution is 2.36. The highest BCUT2D eigenvalue weighted by Gasteiger charge is 2.15. The van der Waals surface area contributed by atoms with Crippen molar-refractivity contribution in [2.45, 2.75) is 0 Å². The van der Waals surface area contributed by atoms with E-state index in [1.165, 1.54) is 6.07 Å². The van der Waals surface area contributed by atoms with Crippen LogP contribution in [0.4, 0.5) is 5.69 Å². The number of rotatable bonds is 2. The van der Waals surface area contributed by atoms with Crippen LogP contribution in [0, 0.1) is 0 Å². The number of benzene rings is 1. The van der Waals surface area contributed by atoms with Gasteiger partial charge in [0.25, 0.3) is 5.91 Å². The minimum absolute atomic E-state index is 0.151. The van der Waals surface area contributed by atoms with Crippen LogP contribution in [0.3, 0.4) is 0 Å². The van der Waals surface area contributed by atoms with Crippen molar-refractivity contribution in [3.63, 3.8) is 0 Å². The number of hydrogen-bond acceptors (Lipinski definition) is 4. The van der Waals surface area contributed by atoms with Gasteiger partial charge in [0.05, 0.1) is 15.4 Å². The van der Waals surface area contributed by atoms with Gasteiger partial charge in [-0.1, -0.05) is 41.4 Å². The van der Waals surface area contributed by atoms with Crippen molar-refractivity contribution in [1.29, 1.82) is 0 Å². The summed E-state index contributed by atoms with van der Waals surface area (Å²) in [6.45, 7) is 0. The van der Waals surface area contributed by atoms with Crippen molar-refractivity contribution < 1.29 is 9.90 Å². The van der Waals surface area contributed by atoms with Crippen LogP contribution in [-0.4, -0.2) is 16.0 Å². The highest BCUT2D eigenvalue weighted by atomic mass is 35.5. The molecule has 0 fully saturated rings. The van der Waals surface area contributed by atoms with E-state index in [2.05, 4.69) is 15.2 Å². The first-order valence-corrected chi connectivity index (χ1v) is 7.34. The number of halogens is 2. The summed E-state index contributed by atoms with van der Waals surface area (Å²) in [6.07, 6.45) is 0. The topological polar surface area (TPSA) is 77.8 Å². The predicted octanol–water partition coefficient (Wildman–Crippen LogP) is 5.17. The number of para-hydroxylation sites is 1. The average molecular weight is 340 g/mol. The van der Waals surface area contributed by atoms with Crippen molar-refractivity contribution in [3.8, 4) is 5.88 Å². The summed E-state index contributed by atoms with van der Waals surface area (Å²) in [4.78, 5) is 14.7. The number of carbonyl (C=O) groups is 1. The Kier molecular flexibility index (Phi) is 3.67. The lowest BCUT2D eigenvalue weighted by Crippen LogP contribution is -1.90. The molecular formula is C13H7Cl2N3O2S. The lowest BCUT2D eigenvalue weighted by Gasteiger charge is -1.92. The summed E-state index contributed by atoms with van der Waals surface area (Å²) >= 11 is 12.7. The van der Waals surface area contributed by atoms with E-state index in [-0.39, 0.29) is 21.5 Å². The van der Waals surface area contributed by atoms with E-state index in [4.69, 9.17) is 23.2 Å². The molecule has 1 aromatic carbocycles. The summed E-state index contributed by atoms with van der Waals surface area (Å²) in [7, 11) is 0. The van der Waals surface area contributed by atoms with Crippen molar-refractivity contribution in [2.24, 2.45) is 10.2 Å². The fourth-order valence-electron chi connectivity index (χ4n) is 1.85. The first-order valence-electron chi connectivity index (χ1n) is 5.77. The van der Waals surface area contributed by atoms with Crippen LogP contribution < -0.4 is 0 Å². The van der Waals surface area contributed by atoms with Gasteiger partial charge in [0.2, 0.25) is 5.88 Å². The van der Waals surface area contributed by atoms with Crippen LogP contribution in [0.5, 0.6) is 5.88 Å². The number of amides is 1. The molecule has 0 aliphatic rings. The molecule has 0 atom stereocenters. The van der Waals surface area contributed by atoms with Gasteiger partial charge < -0.3 is 10.1 Å². The van der Waals surface area contributed by atoms with E-state index in [1.807, 2.05) is 6.07 Å². The normalized spacial score (nSPS) is 11.5. The Balaban J connectivity index is 1.96. The Labute approximate surface area is 132 Å². The summed E-state index contributed by atoms with van der Waals surface area (Å²) in [5, 5.41) is 17.9. The Morgan fingerprint density at radius 1 is 1.29 bits per heavy atom. The van der Waals surface area contributed by atoms with E-state index in [1.54, 1.807) is 18.2 Å². The molecule has 106 valence electrons. The van der Waals surface area contributed by atoms with Crippen LogP contribution in [0.25, 0.3) is 10.9 Å². The zero-order valence-electron chi connectivity index (χ0n) is 10.3. The number of thiophene rings is 1. The van der Waals surface area contributed by atoms with E-state index in [9.17, 15) is 9.90 Å². The van der Waals surface area contributed by atoms with Crippen molar-refractivity contribution in [2.75, 3.05) is 0 Å². The molecule has 3 rings (SSSR count). The molecule has 0 unspecified atom stereocenters. The fraction of sp³-hybridized carbons (Fsp3) is 0. The second-order valence-electron chi connectivity index (χ2n) is 4.11. The molecule has 0 spiro atoms. The summed E-state index contributed by atoms with van der Waals surface area (Å²) in [5.41, 5.74) is 1.10.